The summed E-state index contributed by atoms with van der Waals surface area (Å²) in [5.74, 6) is 8.85. The zero-order valence-electron chi connectivity index (χ0n) is 18.6. The molecule has 0 saturated heterocycles. The number of nitrogens with one attached hydrogen (secondary N) is 3. The van der Waals surface area contributed by atoms with E-state index < -0.39 is 35.9 Å². The third-order valence-electron chi connectivity index (χ3n) is 4.98. The maximum atomic E-state index is 13.5. The van der Waals surface area contributed by atoms with Gasteiger partial charge in [-0.3, -0.25) is 14.8 Å². The molecule has 182 valence electrons. The molecule has 11 heteroatoms. The average Bonchev–Trinajstić information content (AvgIpc) is 2.85. The zero-order chi connectivity index (χ0) is 26.0. The van der Waals surface area contributed by atoms with Crippen LogP contribution < -0.4 is 27.6 Å². The number of hydrogen-bond acceptors (Lipinski definition) is 5. The van der Waals surface area contributed by atoms with Crippen molar-refractivity contribution in [2.45, 2.75) is 31.4 Å². The SMILES string of the molecule is CCC(N)(C(F)F)C(NC(=O)c1ccc(C#CC#Cc2ccc(NC(N)=O)cc2)cc1)C(=O)NO. The summed E-state index contributed by atoms with van der Waals surface area (Å²) in [6.07, 6.45) is -3.48. The van der Waals surface area contributed by atoms with Crippen LogP contribution in [0.1, 0.15) is 34.8 Å². The Balaban J connectivity index is 2.09. The number of rotatable bonds is 7. The first-order valence-electron chi connectivity index (χ1n) is 10.2. The summed E-state index contributed by atoms with van der Waals surface area (Å²) in [6.45, 7) is 1.34. The van der Waals surface area contributed by atoms with Gasteiger partial charge in [-0.1, -0.05) is 18.8 Å². The quantitative estimate of drug-likeness (QED) is 0.200. The van der Waals surface area contributed by atoms with Gasteiger partial charge in [0.15, 0.2) is 0 Å². The Morgan fingerprint density at radius 2 is 1.51 bits per heavy atom. The number of carbonyl (C=O) groups is 3. The maximum absolute atomic E-state index is 13.5. The van der Waals surface area contributed by atoms with E-state index in [4.69, 9.17) is 16.7 Å². The van der Waals surface area contributed by atoms with Crippen molar-refractivity contribution < 1.29 is 28.4 Å². The third-order valence-corrected chi connectivity index (χ3v) is 4.98. The van der Waals surface area contributed by atoms with Crippen LogP contribution in [0.15, 0.2) is 48.5 Å². The fraction of sp³-hybridized carbons (Fsp3) is 0.208. The molecular weight excluding hydrogens is 460 g/mol. The van der Waals surface area contributed by atoms with E-state index >= 15 is 0 Å². The first-order valence-corrected chi connectivity index (χ1v) is 10.2. The Kier molecular flexibility index (Phi) is 9.29. The van der Waals surface area contributed by atoms with Crippen LogP contribution in [0.25, 0.3) is 0 Å². The molecule has 2 aromatic carbocycles. The molecule has 4 amide bonds. The summed E-state index contributed by atoms with van der Waals surface area (Å²) in [5.41, 5.74) is 11.4. The molecule has 0 bridgehead atoms. The number of alkyl halides is 2. The number of benzene rings is 2. The topological polar surface area (TPSA) is 160 Å². The predicted molar refractivity (Wildman–Crippen MR) is 124 cm³/mol. The number of hydroxylamine groups is 1. The van der Waals surface area contributed by atoms with Gasteiger partial charge in [0, 0.05) is 22.4 Å². The lowest BCUT2D eigenvalue weighted by Crippen LogP contribution is -2.67. The Bertz CT molecular complexity index is 1190. The van der Waals surface area contributed by atoms with Crippen molar-refractivity contribution in [2.75, 3.05) is 5.32 Å². The normalized spacial score (nSPS) is 12.6. The monoisotopic (exact) mass is 483 g/mol. The zero-order valence-corrected chi connectivity index (χ0v) is 18.6. The van der Waals surface area contributed by atoms with Crippen LogP contribution in [-0.2, 0) is 4.79 Å². The van der Waals surface area contributed by atoms with Gasteiger partial charge in [0.1, 0.15) is 11.6 Å². The molecule has 2 unspecified atom stereocenters. The molecule has 35 heavy (non-hydrogen) atoms. The van der Waals surface area contributed by atoms with E-state index in [2.05, 4.69) is 34.3 Å². The van der Waals surface area contributed by atoms with Crippen LogP contribution in [0.5, 0.6) is 0 Å². The van der Waals surface area contributed by atoms with Gasteiger partial charge in [-0.2, -0.15) is 0 Å². The predicted octanol–water partition coefficient (Wildman–Crippen LogP) is 1.56. The lowest BCUT2D eigenvalue weighted by atomic mass is 9.87. The van der Waals surface area contributed by atoms with Crippen molar-refractivity contribution in [3.63, 3.8) is 0 Å². The summed E-state index contributed by atoms with van der Waals surface area (Å²) < 4.78 is 26.9. The van der Waals surface area contributed by atoms with Crippen LogP contribution in [0.2, 0.25) is 0 Å². The number of anilines is 1. The molecule has 0 heterocycles. The van der Waals surface area contributed by atoms with E-state index in [-0.39, 0.29) is 12.0 Å². The second-order valence-corrected chi connectivity index (χ2v) is 7.29. The molecule has 2 aromatic rings. The van der Waals surface area contributed by atoms with Gasteiger partial charge < -0.3 is 22.1 Å². The number of primary amides is 1. The lowest BCUT2D eigenvalue weighted by Gasteiger charge is -2.34. The van der Waals surface area contributed by atoms with E-state index in [9.17, 15) is 23.2 Å². The lowest BCUT2D eigenvalue weighted by molar-refractivity contribution is -0.135. The van der Waals surface area contributed by atoms with Crippen molar-refractivity contribution in [1.82, 2.24) is 10.8 Å². The van der Waals surface area contributed by atoms with Gasteiger partial charge in [0.05, 0.1) is 0 Å². The third kappa shape index (κ3) is 7.27. The minimum Gasteiger partial charge on any atom is -0.351 e. The van der Waals surface area contributed by atoms with Gasteiger partial charge in [-0.25, -0.2) is 19.1 Å². The Labute approximate surface area is 200 Å². The van der Waals surface area contributed by atoms with E-state index in [1.165, 1.54) is 36.7 Å². The number of hydrogen-bond donors (Lipinski definition) is 6. The van der Waals surface area contributed by atoms with E-state index in [1.54, 1.807) is 24.3 Å². The molecule has 0 aliphatic heterocycles. The minimum absolute atomic E-state index is 0.0646. The molecule has 0 spiro atoms. The standard InChI is InChI=1S/C24H23F2N5O4/c1-2-24(28,22(25)26)19(21(33)31-35)30-20(32)17-11-7-15(8-12-17)5-3-4-6-16-9-13-18(14-10-16)29-23(27)34/h7-14,19,22,35H,2,28H2,1H3,(H,30,32)(H,31,33)(H3,27,29,34). The van der Waals surface area contributed by atoms with Crippen molar-refractivity contribution in [3.8, 4) is 23.7 Å². The van der Waals surface area contributed by atoms with Gasteiger partial charge >= 0.3 is 6.03 Å². The number of nitrogens with two attached hydrogens (primary N) is 2. The van der Waals surface area contributed by atoms with Gasteiger partial charge in [0.2, 0.25) is 0 Å². The average molecular weight is 483 g/mol. The van der Waals surface area contributed by atoms with Crippen LogP contribution in [-0.4, -0.2) is 41.1 Å². The molecule has 2 rings (SSSR count). The summed E-state index contributed by atoms with van der Waals surface area (Å²) >= 11 is 0. The summed E-state index contributed by atoms with van der Waals surface area (Å²) in [6, 6.07) is 9.88. The maximum Gasteiger partial charge on any atom is 0.316 e. The summed E-state index contributed by atoms with van der Waals surface area (Å²) in [7, 11) is 0. The molecular formula is C24H23F2N5O4. The van der Waals surface area contributed by atoms with Gasteiger partial charge in [0.25, 0.3) is 18.2 Å². The highest BCUT2D eigenvalue weighted by Gasteiger charge is 2.47. The van der Waals surface area contributed by atoms with Crippen LogP contribution >= 0.6 is 0 Å². The van der Waals surface area contributed by atoms with Crippen LogP contribution in [0.3, 0.4) is 0 Å². The molecule has 0 radical (unpaired) electrons. The second-order valence-electron chi connectivity index (χ2n) is 7.29. The molecule has 0 fully saturated rings. The highest BCUT2D eigenvalue weighted by Crippen LogP contribution is 2.22. The molecule has 9 nitrogen and oxygen atoms in total. The molecule has 2 atom stereocenters. The molecule has 0 aliphatic carbocycles. The fourth-order valence-corrected chi connectivity index (χ4v) is 2.90. The van der Waals surface area contributed by atoms with Gasteiger partial charge in [-0.05, 0) is 66.8 Å². The van der Waals surface area contributed by atoms with Crippen molar-refractivity contribution >= 4 is 23.5 Å². The second kappa shape index (κ2) is 12.1. The minimum atomic E-state index is -3.14. The highest BCUT2D eigenvalue weighted by molar-refractivity contribution is 5.98. The first kappa shape index (κ1) is 26.8. The van der Waals surface area contributed by atoms with E-state index in [1.807, 2.05) is 0 Å². The summed E-state index contributed by atoms with van der Waals surface area (Å²) in [5, 5.41) is 13.5. The number of urea groups is 1. The number of carbonyl (C=O) groups excluding carboxylic acids is 3. The molecule has 8 N–H and O–H groups in total. The van der Waals surface area contributed by atoms with Crippen LogP contribution in [0.4, 0.5) is 19.3 Å². The van der Waals surface area contributed by atoms with Crippen LogP contribution in [0, 0.1) is 23.7 Å². The van der Waals surface area contributed by atoms with E-state index in [0.717, 1.165) is 0 Å². The van der Waals surface area contributed by atoms with Crippen molar-refractivity contribution in [1.29, 1.82) is 0 Å². The number of amides is 4. The molecule has 0 aromatic heterocycles. The smallest absolute Gasteiger partial charge is 0.316 e. The van der Waals surface area contributed by atoms with Gasteiger partial charge in [-0.15, -0.1) is 0 Å². The first-order chi connectivity index (χ1) is 16.6. The molecule has 0 aliphatic rings. The number of halogens is 2. The van der Waals surface area contributed by atoms with Crippen molar-refractivity contribution in [2.24, 2.45) is 11.5 Å². The molecule has 0 saturated carbocycles. The highest BCUT2D eigenvalue weighted by atomic mass is 19.3. The fourth-order valence-electron chi connectivity index (χ4n) is 2.90. The Morgan fingerprint density at radius 3 is 1.94 bits per heavy atom. The van der Waals surface area contributed by atoms with E-state index in [0.29, 0.717) is 16.8 Å². The Hall–Kier alpha value is -4.45. The van der Waals surface area contributed by atoms with Crippen molar-refractivity contribution in [3.05, 3.63) is 65.2 Å². The largest absolute Gasteiger partial charge is 0.351 e. The Morgan fingerprint density at radius 1 is 1.00 bits per heavy atom. The summed E-state index contributed by atoms with van der Waals surface area (Å²) in [4.78, 5) is 35.2.